The SMILES string of the molecule is C=Cc1nc2cc(OC)c(OC)cc2c(Cl)c1C=C. The van der Waals surface area contributed by atoms with Gasteiger partial charge in [0.05, 0.1) is 30.5 Å². The van der Waals surface area contributed by atoms with Crippen LogP contribution in [0.1, 0.15) is 11.3 Å². The number of methoxy groups -OCH3 is 2. The molecule has 1 heterocycles. The molecule has 2 rings (SSSR count). The van der Waals surface area contributed by atoms with E-state index in [1.54, 1.807) is 32.4 Å². The van der Waals surface area contributed by atoms with Crippen LogP contribution in [-0.2, 0) is 0 Å². The van der Waals surface area contributed by atoms with Crippen LogP contribution in [0.25, 0.3) is 23.1 Å². The molecular formula is C15H14ClNO2. The molecule has 0 saturated carbocycles. The molecule has 0 amide bonds. The van der Waals surface area contributed by atoms with Crippen LogP contribution < -0.4 is 9.47 Å². The number of hydrogen-bond acceptors (Lipinski definition) is 3. The third kappa shape index (κ3) is 2.17. The number of aromatic nitrogens is 1. The van der Waals surface area contributed by atoms with E-state index in [0.29, 0.717) is 22.2 Å². The molecule has 98 valence electrons. The Kier molecular flexibility index (Phi) is 3.76. The molecule has 0 saturated heterocycles. The van der Waals surface area contributed by atoms with Crippen molar-refractivity contribution in [3.05, 3.63) is 41.6 Å². The van der Waals surface area contributed by atoms with Gasteiger partial charge in [-0.3, -0.25) is 0 Å². The highest BCUT2D eigenvalue weighted by atomic mass is 35.5. The average molecular weight is 276 g/mol. The summed E-state index contributed by atoms with van der Waals surface area (Å²) in [6.07, 6.45) is 3.32. The number of pyridine rings is 1. The molecule has 0 unspecified atom stereocenters. The smallest absolute Gasteiger partial charge is 0.162 e. The van der Waals surface area contributed by atoms with Crippen LogP contribution >= 0.6 is 11.6 Å². The maximum absolute atomic E-state index is 6.39. The van der Waals surface area contributed by atoms with Gasteiger partial charge >= 0.3 is 0 Å². The Morgan fingerprint density at radius 1 is 1.11 bits per heavy atom. The van der Waals surface area contributed by atoms with Gasteiger partial charge in [0.25, 0.3) is 0 Å². The summed E-state index contributed by atoms with van der Waals surface area (Å²) in [5, 5.41) is 1.37. The van der Waals surface area contributed by atoms with E-state index >= 15 is 0 Å². The highest BCUT2D eigenvalue weighted by molar-refractivity contribution is 6.37. The molecule has 0 atom stereocenters. The van der Waals surface area contributed by atoms with Gasteiger partial charge in [0.2, 0.25) is 0 Å². The first-order chi connectivity index (χ1) is 9.15. The maximum Gasteiger partial charge on any atom is 0.162 e. The summed E-state index contributed by atoms with van der Waals surface area (Å²) in [5.74, 6) is 1.22. The van der Waals surface area contributed by atoms with Gasteiger partial charge in [-0.2, -0.15) is 0 Å². The molecule has 0 aliphatic heterocycles. The van der Waals surface area contributed by atoms with Gasteiger partial charge in [0, 0.05) is 17.0 Å². The molecule has 4 heteroatoms. The quantitative estimate of drug-likeness (QED) is 0.838. The van der Waals surface area contributed by atoms with E-state index in [4.69, 9.17) is 21.1 Å². The molecule has 2 aromatic rings. The number of ether oxygens (including phenoxy) is 2. The second-order valence-electron chi connectivity index (χ2n) is 3.86. The van der Waals surface area contributed by atoms with Gasteiger partial charge in [-0.05, 0) is 12.1 Å². The molecule has 0 fully saturated rings. The van der Waals surface area contributed by atoms with E-state index in [1.165, 1.54) is 0 Å². The summed E-state index contributed by atoms with van der Waals surface area (Å²) in [6, 6.07) is 3.60. The van der Waals surface area contributed by atoms with Crippen molar-refractivity contribution >= 4 is 34.7 Å². The van der Waals surface area contributed by atoms with Crippen LogP contribution in [0.4, 0.5) is 0 Å². The van der Waals surface area contributed by atoms with Crippen molar-refractivity contribution < 1.29 is 9.47 Å². The molecule has 0 aliphatic carbocycles. The Balaban J connectivity index is 2.88. The minimum atomic E-state index is 0.579. The van der Waals surface area contributed by atoms with E-state index in [2.05, 4.69) is 18.1 Å². The molecule has 3 nitrogen and oxygen atoms in total. The van der Waals surface area contributed by atoms with Gasteiger partial charge < -0.3 is 9.47 Å². The highest BCUT2D eigenvalue weighted by Gasteiger charge is 2.13. The van der Waals surface area contributed by atoms with Crippen molar-refractivity contribution in [3.8, 4) is 11.5 Å². The van der Waals surface area contributed by atoms with Gasteiger partial charge in [0.1, 0.15) is 0 Å². The minimum Gasteiger partial charge on any atom is -0.493 e. The standard InChI is InChI=1S/C15H14ClNO2/c1-5-9-11(6-2)17-12-8-14(19-4)13(18-3)7-10(12)15(9)16/h5-8H,1-2H2,3-4H3. The van der Waals surface area contributed by atoms with Gasteiger partial charge in [0.15, 0.2) is 11.5 Å². The van der Waals surface area contributed by atoms with Crippen LogP contribution in [0.5, 0.6) is 11.5 Å². The molecule has 0 spiro atoms. The maximum atomic E-state index is 6.39. The molecule has 19 heavy (non-hydrogen) atoms. The van der Waals surface area contributed by atoms with Crippen LogP contribution in [0.15, 0.2) is 25.3 Å². The van der Waals surface area contributed by atoms with E-state index in [-0.39, 0.29) is 0 Å². The van der Waals surface area contributed by atoms with Crippen molar-refractivity contribution in [1.29, 1.82) is 0 Å². The summed E-state index contributed by atoms with van der Waals surface area (Å²) < 4.78 is 10.5. The summed E-state index contributed by atoms with van der Waals surface area (Å²) >= 11 is 6.39. The lowest BCUT2D eigenvalue weighted by molar-refractivity contribution is 0.356. The topological polar surface area (TPSA) is 31.4 Å². The lowest BCUT2D eigenvalue weighted by Crippen LogP contribution is -1.95. The minimum absolute atomic E-state index is 0.579. The predicted molar refractivity (Wildman–Crippen MR) is 80.0 cm³/mol. The summed E-state index contributed by atoms with van der Waals surface area (Å²) in [6.45, 7) is 7.49. The first-order valence-corrected chi connectivity index (χ1v) is 6.04. The van der Waals surface area contributed by atoms with Crippen molar-refractivity contribution in [3.63, 3.8) is 0 Å². The summed E-state index contributed by atoms with van der Waals surface area (Å²) in [4.78, 5) is 4.50. The molecule has 1 aromatic heterocycles. The molecule has 0 aliphatic rings. The molecule has 0 N–H and O–H groups in total. The first-order valence-electron chi connectivity index (χ1n) is 5.66. The number of rotatable bonds is 4. The van der Waals surface area contributed by atoms with Crippen molar-refractivity contribution in [2.75, 3.05) is 14.2 Å². The van der Waals surface area contributed by atoms with Crippen molar-refractivity contribution in [2.24, 2.45) is 0 Å². The largest absolute Gasteiger partial charge is 0.493 e. The van der Waals surface area contributed by atoms with Gasteiger partial charge in [-0.25, -0.2) is 4.98 Å². The second kappa shape index (κ2) is 5.33. The fourth-order valence-electron chi connectivity index (χ4n) is 1.93. The number of halogens is 1. The van der Waals surface area contributed by atoms with E-state index in [9.17, 15) is 0 Å². The van der Waals surface area contributed by atoms with Gasteiger partial charge in [-0.1, -0.05) is 30.8 Å². The van der Waals surface area contributed by atoms with Crippen molar-refractivity contribution in [2.45, 2.75) is 0 Å². The molecule has 0 radical (unpaired) electrons. The van der Waals surface area contributed by atoms with Gasteiger partial charge in [-0.15, -0.1) is 0 Å². The number of fused-ring (bicyclic) bond motifs is 1. The molecular weight excluding hydrogens is 262 g/mol. The Morgan fingerprint density at radius 3 is 2.26 bits per heavy atom. The second-order valence-corrected chi connectivity index (χ2v) is 4.24. The Labute approximate surface area is 117 Å². The predicted octanol–water partition coefficient (Wildman–Crippen LogP) is 4.19. The van der Waals surface area contributed by atoms with E-state index < -0.39 is 0 Å². The van der Waals surface area contributed by atoms with Crippen LogP contribution in [0.2, 0.25) is 5.02 Å². The van der Waals surface area contributed by atoms with Crippen LogP contribution in [0, 0.1) is 0 Å². The Hall–Kier alpha value is -2.00. The molecule has 1 aromatic carbocycles. The highest BCUT2D eigenvalue weighted by Crippen LogP contribution is 2.37. The number of benzene rings is 1. The zero-order chi connectivity index (χ0) is 14.0. The lowest BCUT2D eigenvalue weighted by atomic mass is 10.1. The van der Waals surface area contributed by atoms with Crippen LogP contribution in [0.3, 0.4) is 0 Å². The monoisotopic (exact) mass is 275 g/mol. The van der Waals surface area contributed by atoms with Crippen molar-refractivity contribution in [1.82, 2.24) is 4.98 Å². The first kappa shape index (κ1) is 13.4. The normalized spacial score (nSPS) is 10.3. The van der Waals surface area contributed by atoms with Crippen LogP contribution in [-0.4, -0.2) is 19.2 Å². The number of hydrogen-bond donors (Lipinski definition) is 0. The lowest BCUT2D eigenvalue weighted by Gasteiger charge is -2.12. The Morgan fingerprint density at radius 2 is 1.74 bits per heavy atom. The van der Waals surface area contributed by atoms with E-state index in [1.807, 2.05) is 6.07 Å². The Bertz CT molecular complexity index is 665. The fraction of sp³-hybridized carbons (Fsp3) is 0.133. The fourth-order valence-corrected chi connectivity index (χ4v) is 2.26. The van der Waals surface area contributed by atoms with E-state index in [0.717, 1.165) is 16.5 Å². The zero-order valence-corrected chi connectivity index (χ0v) is 11.6. The third-order valence-electron chi connectivity index (χ3n) is 2.89. The molecule has 0 bridgehead atoms. The average Bonchev–Trinajstić information content (AvgIpc) is 2.45. The summed E-state index contributed by atoms with van der Waals surface area (Å²) in [7, 11) is 3.16. The third-order valence-corrected chi connectivity index (χ3v) is 3.30. The zero-order valence-electron chi connectivity index (χ0n) is 10.9. The number of nitrogens with zero attached hydrogens (tertiary/aromatic N) is 1. The summed E-state index contributed by atoms with van der Waals surface area (Å²) in [5.41, 5.74) is 2.18.